The molecule has 0 aliphatic heterocycles. The molecule has 1 heterocycles. The molecule has 1 aliphatic carbocycles. The number of hydrogen-bond acceptors (Lipinski definition) is 3. The second kappa shape index (κ2) is 5.78. The monoisotopic (exact) mass is 282 g/mol. The minimum atomic E-state index is -1.03. The number of carboxylic acid groups (broad SMARTS) is 1. The first-order valence-electron chi connectivity index (χ1n) is 6.63. The van der Waals surface area contributed by atoms with Crippen molar-refractivity contribution in [2.75, 3.05) is 11.9 Å². The topological polar surface area (TPSA) is 62.2 Å². The van der Waals surface area contributed by atoms with E-state index < -0.39 is 5.97 Å². The molecule has 0 atom stereocenters. The van der Waals surface area contributed by atoms with Gasteiger partial charge in [0, 0.05) is 12.7 Å². The van der Waals surface area contributed by atoms with E-state index in [9.17, 15) is 4.79 Å². The highest BCUT2D eigenvalue weighted by Crippen LogP contribution is 2.35. The van der Waals surface area contributed by atoms with Crippen LogP contribution in [-0.4, -0.2) is 22.6 Å². The van der Waals surface area contributed by atoms with Crippen LogP contribution in [-0.2, 0) is 0 Å². The first-order valence-corrected chi connectivity index (χ1v) is 7.01. The number of anilines is 1. The van der Waals surface area contributed by atoms with Crippen LogP contribution in [0.4, 0.5) is 5.82 Å². The van der Waals surface area contributed by atoms with Crippen molar-refractivity contribution < 1.29 is 9.90 Å². The fourth-order valence-corrected chi connectivity index (χ4v) is 2.77. The van der Waals surface area contributed by atoms with Crippen LogP contribution >= 0.6 is 11.6 Å². The summed E-state index contributed by atoms with van der Waals surface area (Å²) in [7, 11) is 0. The number of hydrogen-bond donors (Lipinski definition) is 2. The predicted molar refractivity (Wildman–Crippen MR) is 75.9 cm³/mol. The molecule has 0 aromatic carbocycles. The fraction of sp³-hybridized carbons (Fsp3) is 0.571. The normalized spacial score (nSPS) is 18.0. The Morgan fingerprint density at radius 2 is 2.16 bits per heavy atom. The summed E-state index contributed by atoms with van der Waals surface area (Å²) >= 11 is 5.80. The molecule has 2 N–H and O–H groups in total. The van der Waals surface area contributed by atoms with E-state index in [2.05, 4.69) is 17.2 Å². The van der Waals surface area contributed by atoms with Gasteiger partial charge in [0.15, 0.2) is 0 Å². The van der Waals surface area contributed by atoms with Gasteiger partial charge in [-0.1, -0.05) is 37.8 Å². The molecule has 0 radical (unpaired) electrons. The summed E-state index contributed by atoms with van der Waals surface area (Å²) in [4.78, 5) is 15.1. The van der Waals surface area contributed by atoms with Crippen molar-refractivity contribution in [2.24, 2.45) is 5.41 Å². The molecule has 1 aromatic rings. The maximum atomic E-state index is 11.0. The summed E-state index contributed by atoms with van der Waals surface area (Å²) in [6.07, 6.45) is 7.66. The van der Waals surface area contributed by atoms with E-state index in [0.29, 0.717) is 5.82 Å². The lowest BCUT2D eigenvalue weighted by molar-refractivity contribution is 0.0697. The number of carbonyl (C=O) groups is 1. The summed E-state index contributed by atoms with van der Waals surface area (Å²) in [5.41, 5.74) is 0.371. The lowest BCUT2D eigenvalue weighted by Gasteiger charge is -2.33. The minimum absolute atomic E-state index is 0.0907. The Labute approximate surface area is 118 Å². The number of nitrogens with zero attached hydrogens (tertiary/aromatic N) is 1. The molecule has 2 rings (SSSR count). The van der Waals surface area contributed by atoms with E-state index in [4.69, 9.17) is 16.7 Å². The van der Waals surface area contributed by atoms with E-state index in [1.54, 1.807) is 0 Å². The third-order valence-corrected chi connectivity index (χ3v) is 4.14. The van der Waals surface area contributed by atoms with Gasteiger partial charge in [-0.25, -0.2) is 9.78 Å². The van der Waals surface area contributed by atoms with E-state index >= 15 is 0 Å². The van der Waals surface area contributed by atoms with Crippen molar-refractivity contribution in [3.63, 3.8) is 0 Å². The standard InChI is InChI=1S/C14H19ClN2O2/c1-14(5-3-2-4-6-14)9-17-12-7-10(13(18)19)11(15)8-16-12/h7-8H,2-6,9H2,1H3,(H,16,17)(H,18,19). The van der Waals surface area contributed by atoms with Gasteiger partial charge in [0.1, 0.15) is 5.82 Å². The quantitative estimate of drug-likeness (QED) is 0.881. The van der Waals surface area contributed by atoms with E-state index in [-0.39, 0.29) is 16.0 Å². The van der Waals surface area contributed by atoms with Crippen LogP contribution in [0.3, 0.4) is 0 Å². The lowest BCUT2D eigenvalue weighted by atomic mass is 9.76. The Bertz CT molecular complexity index is 471. The lowest BCUT2D eigenvalue weighted by Crippen LogP contribution is -2.29. The molecule has 0 bridgehead atoms. The zero-order valence-corrected chi connectivity index (χ0v) is 11.8. The van der Waals surface area contributed by atoms with Gasteiger partial charge in [0.2, 0.25) is 0 Å². The van der Waals surface area contributed by atoms with Crippen LogP contribution in [0.25, 0.3) is 0 Å². The number of aromatic nitrogens is 1. The molecule has 1 saturated carbocycles. The van der Waals surface area contributed by atoms with Crippen LogP contribution in [0.15, 0.2) is 12.3 Å². The molecular weight excluding hydrogens is 264 g/mol. The highest BCUT2D eigenvalue weighted by Gasteiger charge is 2.26. The SMILES string of the molecule is CC1(CNc2cc(C(=O)O)c(Cl)cn2)CCCCC1. The van der Waals surface area contributed by atoms with Crippen molar-refractivity contribution in [2.45, 2.75) is 39.0 Å². The largest absolute Gasteiger partial charge is 0.478 e. The number of rotatable bonds is 4. The van der Waals surface area contributed by atoms with Gasteiger partial charge < -0.3 is 10.4 Å². The zero-order valence-electron chi connectivity index (χ0n) is 11.1. The summed E-state index contributed by atoms with van der Waals surface area (Å²) in [6, 6.07) is 1.50. The molecule has 4 nitrogen and oxygen atoms in total. The first kappa shape index (κ1) is 14.1. The number of nitrogens with one attached hydrogen (secondary N) is 1. The summed E-state index contributed by atoms with van der Waals surface area (Å²) < 4.78 is 0. The molecule has 19 heavy (non-hydrogen) atoms. The van der Waals surface area contributed by atoms with Gasteiger partial charge in [-0.05, 0) is 24.3 Å². The molecule has 1 aliphatic rings. The third kappa shape index (κ3) is 3.60. The Balaban J connectivity index is 2.03. The molecule has 1 aromatic heterocycles. The van der Waals surface area contributed by atoms with Crippen molar-refractivity contribution in [3.8, 4) is 0 Å². The number of halogens is 1. The second-order valence-corrected chi connectivity index (χ2v) is 5.99. The summed E-state index contributed by atoms with van der Waals surface area (Å²) in [6.45, 7) is 3.09. The number of pyridine rings is 1. The van der Waals surface area contributed by atoms with Crippen LogP contribution < -0.4 is 5.32 Å². The van der Waals surface area contributed by atoms with E-state index in [0.717, 1.165) is 6.54 Å². The molecule has 104 valence electrons. The average Bonchev–Trinajstić information content (AvgIpc) is 2.38. The van der Waals surface area contributed by atoms with Gasteiger partial charge >= 0.3 is 5.97 Å². The van der Waals surface area contributed by atoms with Gasteiger partial charge in [0.05, 0.1) is 10.6 Å². The molecule has 0 saturated heterocycles. The summed E-state index contributed by atoms with van der Waals surface area (Å²) in [5.74, 6) is -0.451. The number of carboxylic acids is 1. The summed E-state index contributed by atoms with van der Waals surface area (Å²) in [5, 5.41) is 12.4. The molecule has 0 spiro atoms. The van der Waals surface area contributed by atoms with E-state index in [1.165, 1.54) is 44.4 Å². The van der Waals surface area contributed by atoms with Crippen molar-refractivity contribution in [3.05, 3.63) is 22.8 Å². The second-order valence-electron chi connectivity index (χ2n) is 5.58. The smallest absolute Gasteiger partial charge is 0.337 e. The first-order chi connectivity index (χ1) is 9.00. The Morgan fingerprint density at radius 1 is 1.47 bits per heavy atom. The van der Waals surface area contributed by atoms with Crippen molar-refractivity contribution in [1.29, 1.82) is 0 Å². The maximum Gasteiger partial charge on any atom is 0.337 e. The van der Waals surface area contributed by atoms with Gasteiger partial charge in [-0.15, -0.1) is 0 Å². The van der Waals surface area contributed by atoms with Crippen LogP contribution in [0.5, 0.6) is 0 Å². The van der Waals surface area contributed by atoms with Crippen LogP contribution in [0.1, 0.15) is 49.4 Å². The van der Waals surface area contributed by atoms with Gasteiger partial charge in [0.25, 0.3) is 0 Å². The van der Waals surface area contributed by atoms with Crippen molar-refractivity contribution in [1.82, 2.24) is 4.98 Å². The highest BCUT2D eigenvalue weighted by atomic mass is 35.5. The van der Waals surface area contributed by atoms with Gasteiger partial charge in [-0.2, -0.15) is 0 Å². The maximum absolute atomic E-state index is 11.0. The predicted octanol–water partition coefficient (Wildman–Crippen LogP) is 3.82. The van der Waals surface area contributed by atoms with Crippen LogP contribution in [0.2, 0.25) is 5.02 Å². The molecule has 0 amide bonds. The zero-order chi connectivity index (χ0) is 13.9. The Kier molecular flexibility index (Phi) is 4.30. The fourth-order valence-electron chi connectivity index (χ4n) is 2.59. The molecular formula is C14H19ClN2O2. The van der Waals surface area contributed by atoms with Crippen molar-refractivity contribution >= 4 is 23.4 Å². The molecule has 1 fully saturated rings. The Hall–Kier alpha value is -1.29. The van der Waals surface area contributed by atoms with Crippen LogP contribution in [0, 0.1) is 5.41 Å². The highest BCUT2D eigenvalue weighted by molar-refractivity contribution is 6.33. The average molecular weight is 283 g/mol. The third-order valence-electron chi connectivity index (χ3n) is 3.84. The number of aromatic carboxylic acids is 1. The minimum Gasteiger partial charge on any atom is -0.478 e. The van der Waals surface area contributed by atoms with E-state index in [1.807, 2.05) is 0 Å². The van der Waals surface area contributed by atoms with Gasteiger partial charge in [-0.3, -0.25) is 0 Å². The molecule has 0 unspecified atom stereocenters. The Morgan fingerprint density at radius 3 is 2.79 bits per heavy atom. The molecule has 5 heteroatoms.